The molecule has 0 radical (unpaired) electrons. The second kappa shape index (κ2) is 9.72. The van der Waals surface area contributed by atoms with Crippen molar-refractivity contribution in [3.63, 3.8) is 0 Å². The zero-order chi connectivity index (χ0) is 21.7. The van der Waals surface area contributed by atoms with Crippen LogP contribution >= 0.6 is 11.3 Å². The lowest BCUT2D eigenvalue weighted by molar-refractivity contribution is -0.128. The zero-order valence-electron chi connectivity index (χ0n) is 17.2. The molecule has 0 spiro atoms. The van der Waals surface area contributed by atoms with E-state index in [0.717, 1.165) is 22.5 Å². The van der Waals surface area contributed by atoms with Crippen molar-refractivity contribution in [2.45, 2.75) is 37.3 Å². The van der Waals surface area contributed by atoms with Crippen LogP contribution in [0.4, 0.5) is 5.69 Å². The van der Waals surface area contributed by atoms with Crippen LogP contribution in [0.3, 0.4) is 0 Å². The zero-order valence-corrected chi connectivity index (χ0v) is 18.8. The maximum absolute atomic E-state index is 12.8. The van der Waals surface area contributed by atoms with Gasteiger partial charge in [-0.05, 0) is 49.9 Å². The second-order valence-electron chi connectivity index (χ2n) is 7.34. The van der Waals surface area contributed by atoms with Crippen LogP contribution in [0.2, 0.25) is 0 Å². The highest BCUT2D eigenvalue weighted by Gasteiger charge is 2.34. The Morgan fingerprint density at radius 2 is 1.97 bits per heavy atom. The van der Waals surface area contributed by atoms with Crippen molar-refractivity contribution in [3.8, 4) is 0 Å². The topological polar surface area (TPSA) is 95.6 Å². The lowest BCUT2D eigenvalue weighted by Gasteiger charge is -2.30. The third kappa shape index (κ3) is 5.27. The average Bonchev–Trinajstić information content (AvgIpc) is 3.19. The minimum absolute atomic E-state index is 0.130. The molecule has 162 valence electrons. The van der Waals surface area contributed by atoms with Gasteiger partial charge in [0.15, 0.2) is 0 Å². The van der Waals surface area contributed by atoms with Crippen LogP contribution in [0.15, 0.2) is 40.6 Å². The van der Waals surface area contributed by atoms with Gasteiger partial charge in [-0.25, -0.2) is 8.42 Å². The van der Waals surface area contributed by atoms with Crippen molar-refractivity contribution in [1.82, 2.24) is 9.62 Å². The summed E-state index contributed by atoms with van der Waals surface area (Å²) in [5.74, 6) is -1.07. The number of nitrogens with one attached hydrogen (secondary N) is 2. The summed E-state index contributed by atoms with van der Waals surface area (Å²) < 4.78 is 27.4. The summed E-state index contributed by atoms with van der Waals surface area (Å²) in [6, 6.07) is 10.9. The summed E-state index contributed by atoms with van der Waals surface area (Å²) in [5, 5.41) is 5.47. The van der Waals surface area contributed by atoms with Gasteiger partial charge in [0.2, 0.25) is 11.8 Å². The molecule has 0 saturated carbocycles. The van der Waals surface area contributed by atoms with Gasteiger partial charge in [0.05, 0.1) is 12.5 Å². The average molecular weight is 450 g/mol. The van der Waals surface area contributed by atoms with Gasteiger partial charge in [-0.1, -0.05) is 25.1 Å². The molecular formula is C21H27N3O4S2. The van der Waals surface area contributed by atoms with Crippen molar-refractivity contribution >= 4 is 38.9 Å². The Labute approximate surface area is 181 Å². The van der Waals surface area contributed by atoms with Crippen LogP contribution in [-0.2, 0) is 26.0 Å². The second-order valence-corrected chi connectivity index (χ2v) is 10.8. The molecule has 2 N–H and O–H groups in total. The molecule has 1 aromatic carbocycles. The molecule has 1 aliphatic heterocycles. The van der Waals surface area contributed by atoms with Crippen molar-refractivity contribution < 1.29 is 18.0 Å². The quantitative estimate of drug-likeness (QED) is 0.679. The van der Waals surface area contributed by atoms with E-state index in [4.69, 9.17) is 0 Å². The molecular weight excluding hydrogens is 422 g/mol. The molecule has 7 nitrogen and oxygen atoms in total. The number of carbonyl (C=O) groups excluding carboxylic acids is 2. The fourth-order valence-electron chi connectivity index (χ4n) is 3.51. The lowest BCUT2D eigenvalue weighted by Crippen LogP contribution is -2.46. The maximum Gasteiger partial charge on any atom is 0.252 e. The molecule has 2 amide bonds. The standard InChI is InChI=1S/C21H27N3O4S2/c1-3-16-7-4-5-9-18(16)23-19(25)13-22-21(26)17-8-6-12-24(14-17)30(27,28)20-11-10-15(2)29-20/h4-5,7,9-11,17H,3,6,8,12-14H2,1-2H3,(H,22,26)(H,23,25). The van der Waals surface area contributed by atoms with Crippen molar-refractivity contribution in [1.29, 1.82) is 0 Å². The number of sulfonamides is 1. The van der Waals surface area contributed by atoms with Crippen molar-refractivity contribution in [2.75, 3.05) is 25.0 Å². The molecule has 1 atom stereocenters. The van der Waals surface area contributed by atoms with Crippen LogP contribution in [-0.4, -0.2) is 44.2 Å². The SMILES string of the molecule is CCc1ccccc1NC(=O)CNC(=O)C1CCCN(S(=O)(=O)c2ccc(C)s2)C1. The summed E-state index contributed by atoms with van der Waals surface area (Å²) in [6.07, 6.45) is 2.00. The van der Waals surface area contributed by atoms with Gasteiger partial charge >= 0.3 is 0 Å². The van der Waals surface area contributed by atoms with Gasteiger partial charge in [0.25, 0.3) is 10.0 Å². The van der Waals surface area contributed by atoms with Gasteiger partial charge in [-0.3, -0.25) is 9.59 Å². The monoisotopic (exact) mass is 449 g/mol. The lowest BCUT2D eigenvalue weighted by atomic mass is 9.99. The largest absolute Gasteiger partial charge is 0.347 e. The number of para-hydroxylation sites is 1. The van der Waals surface area contributed by atoms with Crippen LogP contribution in [0.5, 0.6) is 0 Å². The van der Waals surface area contributed by atoms with Gasteiger partial charge in [-0.2, -0.15) is 4.31 Å². The summed E-state index contributed by atoms with van der Waals surface area (Å²) in [4.78, 5) is 25.8. The van der Waals surface area contributed by atoms with Crippen LogP contribution in [0, 0.1) is 12.8 Å². The molecule has 0 aliphatic carbocycles. The highest BCUT2D eigenvalue weighted by Crippen LogP contribution is 2.28. The molecule has 0 bridgehead atoms. The third-order valence-electron chi connectivity index (χ3n) is 5.16. The van der Waals surface area contributed by atoms with E-state index in [0.29, 0.717) is 23.6 Å². The number of thiophene rings is 1. The number of carbonyl (C=O) groups is 2. The number of aryl methyl sites for hydroxylation is 2. The molecule has 1 fully saturated rings. The van der Waals surface area contributed by atoms with E-state index in [9.17, 15) is 18.0 Å². The molecule has 2 aromatic rings. The molecule has 3 rings (SSSR count). The van der Waals surface area contributed by atoms with Gasteiger partial charge in [0, 0.05) is 23.7 Å². The van der Waals surface area contributed by atoms with E-state index in [2.05, 4.69) is 10.6 Å². The Morgan fingerprint density at radius 1 is 1.20 bits per heavy atom. The smallest absolute Gasteiger partial charge is 0.252 e. The Bertz CT molecular complexity index is 1020. The summed E-state index contributed by atoms with van der Waals surface area (Å²) >= 11 is 1.23. The number of rotatable bonds is 7. The van der Waals surface area contributed by atoms with E-state index < -0.39 is 15.9 Å². The van der Waals surface area contributed by atoms with E-state index in [1.54, 1.807) is 12.1 Å². The number of benzene rings is 1. The summed E-state index contributed by atoms with van der Waals surface area (Å²) in [6.45, 7) is 4.25. The van der Waals surface area contributed by atoms with Gasteiger partial charge < -0.3 is 10.6 Å². The number of hydrogen-bond donors (Lipinski definition) is 2. The van der Waals surface area contributed by atoms with Crippen molar-refractivity contribution in [3.05, 3.63) is 46.8 Å². The molecule has 1 aliphatic rings. The maximum atomic E-state index is 12.8. The van der Waals surface area contributed by atoms with E-state index in [1.165, 1.54) is 15.6 Å². The molecule has 2 heterocycles. The first-order valence-corrected chi connectivity index (χ1v) is 12.3. The highest BCUT2D eigenvalue weighted by molar-refractivity contribution is 7.91. The third-order valence-corrected chi connectivity index (χ3v) is 8.49. The minimum atomic E-state index is -3.59. The Balaban J connectivity index is 1.56. The summed E-state index contributed by atoms with van der Waals surface area (Å²) in [7, 11) is -3.59. The molecule has 30 heavy (non-hydrogen) atoms. The predicted molar refractivity (Wildman–Crippen MR) is 118 cm³/mol. The molecule has 1 saturated heterocycles. The first-order valence-electron chi connectivity index (χ1n) is 10.0. The predicted octanol–water partition coefficient (Wildman–Crippen LogP) is 2.77. The molecule has 1 unspecified atom stereocenters. The fourth-order valence-corrected chi connectivity index (χ4v) is 6.47. The number of hydrogen-bond acceptors (Lipinski definition) is 5. The Hall–Kier alpha value is -2.23. The molecule has 9 heteroatoms. The molecule has 1 aromatic heterocycles. The van der Waals surface area contributed by atoms with E-state index >= 15 is 0 Å². The summed E-state index contributed by atoms with van der Waals surface area (Å²) in [5.41, 5.74) is 1.76. The van der Waals surface area contributed by atoms with Gasteiger partial charge in [0.1, 0.15) is 4.21 Å². The number of anilines is 1. The van der Waals surface area contributed by atoms with Crippen LogP contribution < -0.4 is 10.6 Å². The first-order chi connectivity index (χ1) is 14.3. The van der Waals surface area contributed by atoms with Crippen LogP contribution in [0.25, 0.3) is 0 Å². The fraction of sp³-hybridized carbons (Fsp3) is 0.429. The Morgan fingerprint density at radius 3 is 2.67 bits per heavy atom. The van der Waals surface area contributed by atoms with E-state index in [1.807, 2.05) is 38.1 Å². The van der Waals surface area contributed by atoms with Crippen molar-refractivity contribution in [2.24, 2.45) is 5.92 Å². The minimum Gasteiger partial charge on any atom is -0.347 e. The number of amides is 2. The van der Waals surface area contributed by atoms with Crippen LogP contribution in [0.1, 0.15) is 30.2 Å². The van der Waals surface area contributed by atoms with E-state index in [-0.39, 0.29) is 24.9 Å². The van der Waals surface area contributed by atoms with Gasteiger partial charge in [-0.15, -0.1) is 11.3 Å². The first kappa shape index (κ1) is 22.5. The number of nitrogens with zero attached hydrogens (tertiary/aromatic N) is 1. The Kier molecular flexibility index (Phi) is 7.27. The number of piperidine rings is 1. The highest BCUT2D eigenvalue weighted by atomic mass is 32.2. The normalized spacial score (nSPS) is 17.5.